The lowest BCUT2D eigenvalue weighted by atomic mass is 9.99. The highest BCUT2D eigenvalue weighted by molar-refractivity contribution is 5.95. The highest BCUT2D eigenvalue weighted by Crippen LogP contribution is 2.10. The second kappa shape index (κ2) is 14.1. The Hall–Kier alpha value is -3.47. The molecule has 1 aromatic carbocycles. The lowest BCUT2D eigenvalue weighted by Gasteiger charge is -2.27. The molecule has 4 atom stereocenters. The van der Waals surface area contributed by atoms with E-state index in [0.29, 0.717) is 0 Å². The van der Waals surface area contributed by atoms with E-state index in [4.69, 9.17) is 11.5 Å². The fourth-order valence-electron chi connectivity index (χ4n) is 3.39. The SMILES string of the molecule is CC(C)CC(NC(=O)C(Cc1ccccc1)NC(=O)C(N)CC(N)=O)C(=O)NC(C(=O)O)C(C)C. The Labute approximate surface area is 205 Å². The molecule has 1 aromatic rings. The van der Waals surface area contributed by atoms with Crippen LogP contribution in [0.1, 0.15) is 46.1 Å². The van der Waals surface area contributed by atoms with Crippen LogP contribution in [0.15, 0.2) is 30.3 Å². The van der Waals surface area contributed by atoms with Gasteiger partial charge in [-0.25, -0.2) is 4.79 Å². The summed E-state index contributed by atoms with van der Waals surface area (Å²) in [6.45, 7) is 7.04. The summed E-state index contributed by atoms with van der Waals surface area (Å²) in [6, 6.07) is 4.40. The maximum Gasteiger partial charge on any atom is 0.326 e. The fourth-order valence-corrected chi connectivity index (χ4v) is 3.39. The number of carboxylic acid groups (broad SMARTS) is 1. The van der Waals surface area contributed by atoms with Crippen molar-refractivity contribution >= 4 is 29.6 Å². The first kappa shape index (κ1) is 29.6. The van der Waals surface area contributed by atoms with Crippen LogP contribution in [0.3, 0.4) is 0 Å². The molecule has 0 aromatic heterocycles. The first-order valence-electron chi connectivity index (χ1n) is 11.5. The number of hydrogen-bond donors (Lipinski definition) is 6. The largest absolute Gasteiger partial charge is 0.480 e. The lowest BCUT2D eigenvalue weighted by Crippen LogP contribution is -2.58. The molecule has 0 radical (unpaired) electrons. The Bertz CT molecular complexity index is 890. The molecule has 0 saturated carbocycles. The second-order valence-electron chi connectivity index (χ2n) is 9.29. The zero-order valence-electron chi connectivity index (χ0n) is 20.6. The van der Waals surface area contributed by atoms with Gasteiger partial charge in [-0.2, -0.15) is 0 Å². The highest BCUT2D eigenvalue weighted by Gasteiger charge is 2.32. The van der Waals surface area contributed by atoms with Gasteiger partial charge >= 0.3 is 5.97 Å². The summed E-state index contributed by atoms with van der Waals surface area (Å²) in [6.07, 6.45) is -0.0493. The summed E-state index contributed by atoms with van der Waals surface area (Å²) in [5.41, 5.74) is 11.6. The van der Waals surface area contributed by atoms with E-state index in [-0.39, 0.29) is 24.7 Å². The number of carboxylic acids is 1. The molecule has 11 heteroatoms. The molecule has 11 nitrogen and oxygen atoms in total. The van der Waals surface area contributed by atoms with Crippen LogP contribution in [0.2, 0.25) is 0 Å². The molecule has 8 N–H and O–H groups in total. The van der Waals surface area contributed by atoms with Gasteiger partial charge in [0.25, 0.3) is 0 Å². The quantitative estimate of drug-likeness (QED) is 0.205. The van der Waals surface area contributed by atoms with Crippen LogP contribution < -0.4 is 27.4 Å². The molecule has 0 aliphatic carbocycles. The van der Waals surface area contributed by atoms with Gasteiger partial charge in [-0.3, -0.25) is 19.2 Å². The second-order valence-corrected chi connectivity index (χ2v) is 9.29. The molecule has 0 saturated heterocycles. The number of nitrogens with one attached hydrogen (secondary N) is 3. The molecular weight excluding hydrogens is 454 g/mol. The Balaban J connectivity index is 3.11. The number of amides is 4. The fraction of sp³-hybridized carbons (Fsp3) is 0.542. The lowest BCUT2D eigenvalue weighted by molar-refractivity contribution is -0.143. The van der Waals surface area contributed by atoms with E-state index < -0.39 is 60.2 Å². The van der Waals surface area contributed by atoms with Crippen LogP contribution in [0, 0.1) is 11.8 Å². The van der Waals surface area contributed by atoms with Crippen molar-refractivity contribution in [2.75, 3.05) is 0 Å². The van der Waals surface area contributed by atoms with Gasteiger partial charge in [0.05, 0.1) is 12.5 Å². The third kappa shape index (κ3) is 10.6. The molecule has 0 aliphatic rings. The van der Waals surface area contributed by atoms with E-state index in [1.807, 2.05) is 13.8 Å². The van der Waals surface area contributed by atoms with E-state index in [9.17, 15) is 29.1 Å². The van der Waals surface area contributed by atoms with Gasteiger partial charge in [0.1, 0.15) is 18.1 Å². The summed E-state index contributed by atoms with van der Waals surface area (Å²) in [5.74, 6) is -4.34. The Morgan fingerprint density at radius 3 is 1.89 bits per heavy atom. The van der Waals surface area contributed by atoms with E-state index in [1.165, 1.54) is 0 Å². The number of nitrogens with two attached hydrogens (primary N) is 2. The number of rotatable bonds is 14. The molecule has 0 heterocycles. The van der Waals surface area contributed by atoms with Crippen LogP contribution in [0.4, 0.5) is 0 Å². The molecule has 4 unspecified atom stereocenters. The van der Waals surface area contributed by atoms with Crippen LogP contribution >= 0.6 is 0 Å². The van der Waals surface area contributed by atoms with Gasteiger partial charge in [-0.05, 0) is 23.8 Å². The summed E-state index contributed by atoms with van der Waals surface area (Å²) in [4.78, 5) is 61.3. The predicted octanol–water partition coefficient (Wildman–Crippen LogP) is -0.327. The number of carbonyl (C=O) groups excluding carboxylic acids is 4. The van der Waals surface area contributed by atoms with Crippen LogP contribution in [-0.2, 0) is 30.4 Å². The van der Waals surface area contributed by atoms with Gasteiger partial charge in [0.15, 0.2) is 0 Å². The van der Waals surface area contributed by atoms with Crippen molar-refractivity contribution in [3.63, 3.8) is 0 Å². The molecule has 194 valence electrons. The van der Waals surface area contributed by atoms with Crippen molar-refractivity contribution in [2.45, 2.75) is 71.1 Å². The van der Waals surface area contributed by atoms with Gasteiger partial charge < -0.3 is 32.5 Å². The van der Waals surface area contributed by atoms with Crippen molar-refractivity contribution in [3.8, 4) is 0 Å². The van der Waals surface area contributed by atoms with Crippen molar-refractivity contribution in [1.29, 1.82) is 0 Å². The van der Waals surface area contributed by atoms with Gasteiger partial charge in [-0.15, -0.1) is 0 Å². The summed E-state index contributed by atoms with van der Waals surface area (Å²) < 4.78 is 0. The maximum absolute atomic E-state index is 13.2. The van der Waals surface area contributed by atoms with Crippen molar-refractivity contribution in [1.82, 2.24) is 16.0 Å². The maximum atomic E-state index is 13.2. The van der Waals surface area contributed by atoms with Crippen LogP contribution in [0.25, 0.3) is 0 Å². The topological polar surface area (TPSA) is 194 Å². The van der Waals surface area contributed by atoms with Crippen molar-refractivity contribution in [3.05, 3.63) is 35.9 Å². The van der Waals surface area contributed by atoms with E-state index in [1.54, 1.807) is 44.2 Å². The number of benzene rings is 1. The molecule has 0 spiro atoms. The predicted molar refractivity (Wildman–Crippen MR) is 130 cm³/mol. The zero-order valence-corrected chi connectivity index (χ0v) is 20.6. The number of aliphatic carboxylic acids is 1. The number of hydrogen-bond acceptors (Lipinski definition) is 6. The third-order valence-electron chi connectivity index (χ3n) is 5.24. The first-order chi connectivity index (χ1) is 16.3. The van der Waals surface area contributed by atoms with Crippen molar-refractivity contribution in [2.24, 2.45) is 23.3 Å². The standard InChI is InChI=1S/C24H37N5O6/c1-13(2)10-17(23(33)29-20(14(3)4)24(34)35)28-22(32)18(11-15-8-6-5-7-9-15)27-21(31)16(25)12-19(26)30/h5-9,13-14,16-18,20H,10-12,25H2,1-4H3,(H2,26,30)(H,27,31)(H,28,32)(H,29,33)(H,34,35). The average molecular weight is 492 g/mol. The van der Waals surface area contributed by atoms with Gasteiger partial charge in [0, 0.05) is 6.42 Å². The van der Waals surface area contributed by atoms with E-state index in [0.717, 1.165) is 5.56 Å². The smallest absolute Gasteiger partial charge is 0.326 e. The molecule has 1 rings (SSSR count). The first-order valence-corrected chi connectivity index (χ1v) is 11.5. The molecule has 0 aliphatic heterocycles. The number of carbonyl (C=O) groups is 5. The Morgan fingerprint density at radius 1 is 0.857 bits per heavy atom. The van der Waals surface area contributed by atoms with Gasteiger partial charge in [0.2, 0.25) is 23.6 Å². The number of primary amides is 1. The molecule has 4 amide bonds. The molecular formula is C24H37N5O6. The van der Waals surface area contributed by atoms with Crippen LogP contribution in [0.5, 0.6) is 0 Å². The normalized spacial score (nSPS) is 14.5. The summed E-state index contributed by atoms with van der Waals surface area (Å²) in [7, 11) is 0. The highest BCUT2D eigenvalue weighted by atomic mass is 16.4. The monoisotopic (exact) mass is 491 g/mol. The van der Waals surface area contributed by atoms with Crippen molar-refractivity contribution < 1.29 is 29.1 Å². The molecule has 35 heavy (non-hydrogen) atoms. The zero-order chi connectivity index (χ0) is 26.7. The molecule has 0 bridgehead atoms. The third-order valence-corrected chi connectivity index (χ3v) is 5.24. The van der Waals surface area contributed by atoms with E-state index >= 15 is 0 Å². The Morgan fingerprint density at radius 2 is 1.40 bits per heavy atom. The minimum absolute atomic E-state index is 0.000434. The minimum atomic E-state index is -1.24. The Kier molecular flexibility index (Phi) is 11.9. The van der Waals surface area contributed by atoms with Gasteiger partial charge in [-0.1, -0.05) is 58.0 Å². The minimum Gasteiger partial charge on any atom is -0.480 e. The van der Waals surface area contributed by atoms with E-state index in [2.05, 4.69) is 16.0 Å². The summed E-state index contributed by atoms with van der Waals surface area (Å²) >= 11 is 0. The summed E-state index contributed by atoms with van der Waals surface area (Å²) in [5, 5.41) is 17.1. The molecule has 0 fully saturated rings. The average Bonchev–Trinajstić information content (AvgIpc) is 2.75. The van der Waals surface area contributed by atoms with Crippen LogP contribution in [-0.4, -0.2) is 58.9 Å².